The highest BCUT2D eigenvalue weighted by molar-refractivity contribution is 7.09. The predicted molar refractivity (Wildman–Crippen MR) is 73.3 cm³/mol. The zero-order valence-electron chi connectivity index (χ0n) is 11.1. The number of nitrogens with zero attached hydrogens (tertiary/aromatic N) is 2. The summed E-state index contributed by atoms with van der Waals surface area (Å²) in [6.45, 7) is 10.2. The van der Waals surface area contributed by atoms with Crippen molar-refractivity contribution in [1.82, 2.24) is 15.2 Å². The fourth-order valence-corrected chi connectivity index (χ4v) is 3.36. The maximum Gasteiger partial charge on any atom is 0.0794 e. The van der Waals surface area contributed by atoms with Crippen molar-refractivity contribution in [3.05, 3.63) is 16.6 Å². The fraction of sp³-hybridized carbons (Fsp3) is 0.769. The van der Waals surface area contributed by atoms with Gasteiger partial charge in [0.15, 0.2) is 0 Å². The summed E-state index contributed by atoms with van der Waals surface area (Å²) in [5, 5.41) is 3.63. The molecule has 1 aromatic heterocycles. The van der Waals surface area contributed by atoms with Crippen molar-refractivity contribution in [2.75, 3.05) is 13.1 Å². The van der Waals surface area contributed by atoms with E-state index in [4.69, 9.17) is 0 Å². The first-order chi connectivity index (χ1) is 8.20. The molecule has 1 atom stereocenters. The third-order valence-corrected chi connectivity index (χ3v) is 4.86. The molecule has 0 radical (unpaired) electrons. The Kier molecular flexibility index (Phi) is 4.17. The zero-order valence-corrected chi connectivity index (χ0v) is 11.9. The Balaban J connectivity index is 2.13. The van der Waals surface area contributed by atoms with Crippen molar-refractivity contribution in [3.63, 3.8) is 0 Å². The first-order valence-electron chi connectivity index (χ1n) is 6.56. The molecule has 0 saturated carbocycles. The molecule has 17 heavy (non-hydrogen) atoms. The molecular formula is C13H23N3S. The normalized spacial score (nSPS) is 25.0. The summed E-state index contributed by atoms with van der Waals surface area (Å²) >= 11 is 1.77. The maximum atomic E-state index is 4.18. The summed E-state index contributed by atoms with van der Waals surface area (Å²) in [6.07, 6.45) is 4.43. The molecule has 1 unspecified atom stereocenters. The van der Waals surface area contributed by atoms with Crippen LogP contribution in [0.3, 0.4) is 0 Å². The van der Waals surface area contributed by atoms with Crippen LogP contribution >= 0.6 is 11.3 Å². The van der Waals surface area contributed by atoms with Crippen LogP contribution in [0.5, 0.6) is 0 Å². The fourth-order valence-electron chi connectivity index (χ4n) is 2.75. The zero-order chi connectivity index (χ0) is 12.3. The van der Waals surface area contributed by atoms with Crippen LogP contribution in [0.1, 0.15) is 38.5 Å². The third kappa shape index (κ3) is 2.69. The van der Waals surface area contributed by atoms with Crippen LogP contribution in [0.4, 0.5) is 0 Å². The van der Waals surface area contributed by atoms with Gasteiger partial charge in [-0.15, -0.1) is 11.3 Å². The van der Waals surface area contributed by atoms with E-state index in [-0.39, 0.29) is 0 Å². The third-order valence-electron chi connectivity index (χ3n) is 4.09. The molecule has 1 saturated heterocycles. The minimum Gasteiger partial charge on any atom is -0.311 e. The van der Waals surface area contributed by atoms with E-state index in [9.17, 15) is 0 Å². The van der Waals surface area contributed by atoms with E-state index in [1.54, 1.807) is 11.3 Å². The Morgan fingerprint density at radius 2 is 2.29 bits per heavy atom. The molecule has 4 heteroatoms. The standard InChI is InChI=1S/C13H23N3S/c1-4-13(5-2)9-15-11(3)7-16(13)8-12-6-14-10-17-12/h6,10-11,15H,4-5,7-9H2,1-3H3. The van der Waals surface area contributed by atoms with Crippen LogP contribution in [-0.4, -0.2) is 34.6 Å². The smallest absolute Gasteiger partial charge is 0.0794 e. The molecule has 0 spiro atoms. The molecule has 1 N–H and O–H groups in total. The van der Waals surface area contributed by atoms with Crippen LogP contribution in [0.2, 0.25) is 0 Å². The molecule has 1 fully saturated rings. The molecule has 3 nitrogen and oxygen atoms in total. The molecule has 1 aliphatic heterocycles. The van der Waals surface area contributed by atoms with Crippen molar-refractivity contribution in [2.45, 2.75) is 51.7 Å². The molecule has 0 aliphatic carbocycles. The Hall–Kier alpha value is -0.450. The Bertz CT molecular complexity index is 332. The van der Waals surface area contributed by atoms with E-state index in [0.29, 0.717) is 11.6 Å². The minimum atomic E-state index is 0.330. The van der Waals surface area contributed by atoms with Gasteiger partial charge in [-0.1, -0.05) is 13.8 Å². The van der Waals surface area contributed by atoms with E-state index in [2.05, 4.69) is 36.0 Å². The Morgan fingerprint density at radius 3 is 2.88 bits per heavy atom. The minimum absolute atomic E-state index is 0.330. The number of thiazole rings is 1. The number of piperazine rings is 1. The van der Waals surface area contributed by atoms with Gasteiger partial charge in [0.25, 0.3) is 0 Å². The van der Waals surface area contributed by atoms with Crippen molar-refractivity contribution >= 4 is 11.3 Å². The second kappa shape index (κ2) is 5.46. The van der Waals surface area contributed by atoms with E-state index in [1.165, 1.54) is 17.7 Å². The molecule has 2 heterocycles. The van der Waals surface area contributed by atoms with Crippen LogP contribution in [0.25, 0.3) is 0 Å². The van der Waals surface area contributed by atoms with Gasteiger partial charge in [-0.3, -0.25) is 9.88 Å². The molecule has 1 aliphatic rings. The topological polar surface area (TPSA) is 28.2 Å². The second-order valence-corrected chi connectivity index (χ2v) is 6.03. The number of hydrogen-bond acceptors (Lipinski definition) is 4. The van der Waals surface area contributed by atoms with Gasteiger partial charge in [0.2, 0.25) is 0 Å². The molecule has 0 bridgehead atoms. The van der Waals surface area contributed by atoms with Gasteiger partial charge < -0.3 is 5.32 Å². The average molecular weight is 253 g/mol. The van der Waals surface area contributed by atoms with Gasteiger partial charge in [0.05, 0.1) is 5.51 Å². The molecule has 96 valence electrons. The largest absolute Gasteiger partial charge is 0.311 e. The summed E-state index contributed by atoms with van der Waals surface area (Å²) in [7, 11) is 0. The molecule has 0 aromatic carbocycles. The summed E-state index contributed by atoms with van der Waals surface area (Å²) in [4.78, 5) is 8.22. The predicted octanol–water partition coefficient (Wildman–Crippen LogP) is 2.50. The first-order valence-corrected chi connectivity index (χ1v) is 7.44. The van der Waals surface area contributed by atoms with Crippen molar-refractivity contribution in [3.8, 4) is 0 Å². The lowest BCUT2D eigenvalue weighted by Gasteiger charge is -2.49. The summed E-state index contributed by atoms with van der Waals surface area (Å²) in [5.41, 5.74) is 2.26. The van der Waals surface area contributed by atoms with Gasteiger partial charge in [0.1, 0.15) is 0 Å². The van der Waals surface area contributed by atoms with E-state index < -0.39 is 0 Å². The maximum absolute atomic E-state index is 4.18. The van der Waals surface area contributed by atoms with Gasteiger partial charge in [-0.2, -0.15) is 0 Å². The van der Waals surface area contributed by atoms with Crippen molar-refractivity contribution in [1.29, 1.82) is 0 Å². The van der Waals surface area contributed by atoms with Gasteiger partial charge in [0, 0.05) is 42.3 Å². The van der Waals surface area contributed by atoms with Crippen LogP contribution in [0, 0.1) is 0 Å². The molecule has 0 amide bonds. The SMILES string of the molecule is CCC1(CC)CNC(C)CN1Cc1cncs1. The van der Waals surface area contributed by atoms with Crippen LogP contribution in [0.15, 0.2) is 11.7 Å². The molecule has 2 rings (SSSR count). The number of aromatic nitrogens is 1. The lowest BCUT2D eigenvalue weighted by Crippen LogP contribution is -2.63. The lowest BCUT2D eigenvalue weighted by molar-refractivity contribution is 0.0286. The molecular weight excluding hydrogens is 230 g/mol. The van der Waals surface area contributed by atoms with E-state index in [0.717, 1.165) is 19.6 Å². The van der Waals surface area contributed by atoms with Crippen molar-refractivity contribution in [2.24, 2.45) is 0 Å². The average Bonchev–Trinajstić information content (AvgIpc) is 2.83. The summed E-state index contributed by atoms with van der Waals surface area (Å²) in [6, 6.07) is 0.592. The monoisotopic (exact) mass is 253 g/mol. The number of hydrogen-bond donors (Lipinski definition) is 1. The van der Waals surface area contributed by atoms with Gasteiger partial charge in [-0.25, -0.2) is 0 Å². The highest BCUT2D eigenvalue weighted by Gasteiger charge is 2.37. The van der Waals surface area contributed by atoms with E-state index >= 15 is 0 Å². The summed E-state index contributed by atoms with van der Waals surface area (Å²) < 4.78 is 0. The number of rotatable bonds is 4. The highest BCUT2D eigenvalue weighted by Crippen LogP contribution is 2.29. The number of nitrogens with one attached hydrogen (secondary N) is 1. The van der Waals surface area contributed by atoms with Crippen LogP contribution in [-0.2, 0) is 6.54 Å². The van der Waals surface area contributed by atoms with Gasteiger partial charge in [-0.05, 0) is 19.8 Å². The highest BCUT2D eigenvalue weighted by atomic mass is 32.1. The summed E-state index contributed by atoms with van der Waals surface area (Å²) in [5.74, 6) is 0. The Morgan fingerprint density at radius 1 is 1.53 bits per heavy atom. The molecule has 1 aromatic rings. The van der Waals surface area contributed by atoms with Gasteiger partial charge >= 0.3 is 0 Å². The van der Waals surface area contributed by atoms with E-state index in [1.807, 2.05) is 11.7 Å². The second-order valence-electron chi connectivity index (χ2n) is 5.06. The lowest BCUT2D eigenvalue weighted by atomic mass is 9.87. The first kappa shape index (κ1) is 13.0. The Labute approximate surface area is 108 Å². The quantitative estimate of drug-likeness (QED) is 0.893. The van der Waals surface area contributed by atoms with Crippen molar-refractivity contribution < 1.29 is 0 Å². The van der Waals surface area contributed by atoms with Crippen LogP contribution < -0.4 is 5.32 Å².